The smallest absolute Gasteiger partial charge is 0.211 e. The van der Waals surface area contributed by atoms with Crippen LogP contribution in [0, 0.1) is 0 Å². The SMILES string of the molecule is COc1cc(CNCCOC(C)(C)C)nn1C. The van der Waals surface area contributed by atoms with Gasteiger partial charge in [0.05, 0.1) is 25.0 Å². The highest BCUT2D eigenvalue weighted by Gasteiger charge is 2.09. The first-order valence-corrected chi connectivity index (χ1v) is 5.84. The van der Waals surface area contributed by atoms with E-state index in [1.807, 2.05) is 13.1 Å². The number of aryl methyl sites for hydroxylation is 1. The summed E-state index contributed by atoms with van der Waals surface area (Å²) in [6.07, 6.45) is 0. The minimum absolute atomic E-state index is 0.0735. The molecular weight excluding hydrogens is 218 g/mol. The normalized spacial score (nSPS) is 11.8. The van der Waals surface area contributed by atoms with Crippen LogP contribution < -0.4 is 10.1 Å². The lowest BCUT2D eigenvalue weighted by atomic mass is 10.2. The number of ether oxygens (including phenoxy) is 2. The van der Waals surface area contributed by atoms with E-state index in [4.69, 9.17) is 9.47 Å². The van der Waals surface area contributed by atoms with Crippen LogP contribution in [0.5, 0.6) is 5.88 Å². The highest BCUT2D eigenvalue weighted by molar-refractivity contribution is 5.15. The molecule has 5 heteroatoms. The highest BCUT2D eigenvalue weighted by atomic mass is 16.5. The standard InChI is InChI=1S/C12H23N3O2/c1-12(2,3)17-7-6-13-9-10-8-11(16-5)15(4)14-10/h8,13H,6-7,9H2,1-5H3. The number of nitrogens with one attached hydrogen (secondary N) is 1. The van der Waals surface area contributed by atoms with Crippen LogP contribution in [0.4, 0.5) is 0 Å². The average Bonchev–Trinajstić information content (AvgIpc) is 2.57. The van der Waals surface area contributed by atoms with Gasteiger partial charge in [-0.1, -0.05) is 0 Å². The fourth-order valence-corrected chi connectivity index (χ4v) is 1.43. The monoisotopic (exact) mass is 241 g/mol. The van der Waals surface area contributed by atoms with Gasteiger partial charge in [0.1, 0.15) is 0 Å². The fourth-order valence-electron chi connectivity index (χ4n) is 1.43. The van der Waals surface area contributed by atoms with Crippen molar-refractivity contribution in [3.8, 4) is 5.88 Å². The zero-order chi connectivity index (χ0) is 12.9. The molecule has 0 bridgehead atoms. The molecule has 0 aliphatic carbocycles. The molecule has 0 aliphatic heterocycles. The third-order valence-corrected chi connectivity index (χ3v) is 2.22. The second-order valence-corrected chi connectivity index (χ2v) is 4.94. The molecule has 0 aliphatic rings. The number of hydrogen-bond donors (Lipinski definition) is 1. The summed E-state index contributed by atoms with van der Waals surface area (Å²) in [4.78, 5) is 0. The van der Waals surface area contributed by atoms with Gasteiger partial charge in [0, 0.05) is 26.2 Å². The molecule has 0 aromatic carbocycles. The molecule has 0 fully saturated rings. The lowest BCUT2D eigenvalue weighted by molar-refractivity contribution is -0.000906. The molecular formula is C12H23N3O2. The minimum Gasteiger partial charge on any atom is -0.481 e. The van der Waals surface area contributed by atoms with Gasteiger partial charge < -0.3 is 14.8 Å². The third kappa shape index (κ3) is 5.19. The van der Waals surface area contributed by atoms with Crippen molar-refractivity contribution in [1.29, 1.82) is 0 Å². The van der Waals surface area contributed by atoms with Crippen LogP contribution in [0.1, 0.15) is 26.5 Å². The van der Waals surface area contributed by atoms with Gasteiger partial charge in [0.15, 0.2) is 0 Å². The number of aromatic nitrogens is 2. The van der Waals surface area contributed by atoms with E-state index < -0.39 is 0 Å². The first kappa shape index (κ1) is 14.0. The summed E-state index contributed by atoms with van der Waals surface area (Å²) in [7, 11) is 3.51. The van der Waals surface area contributed by atoms with E-state index in [9.17, 15) is 0 Å². The van der Waals surface area contributed by atoms with Gasteiger partial charge in [-0.15, -0.1) is 0 Å². The van der Waals surface area contributed by atoms with Gasteiger partial charge in [0.25, 0.3) is 0 Å². The van der Waals surface area contributed by atoms with Crippen molar-refractivity contribution in [3.63, 3.8) is 0 Å². The Bertz CT molecular complexity index is 342. The third-order valence-electron chi connectivity index (χ3n) is 2.22. The van der Waals surface area contributed by atoms with Crippen molar-refractivity contribution in [2.24, 2.45) is 7.05 Å². The maximum atomic E-state index is 5.60. The van der Waals surface area contributed by atoms with Gasteiger partial charge in [-0.2, -0.15) is 5.10 Å². The van der Waals surface area contributed by atoms with Crippen molar-refractivity contribution < 1.29 is 9.47 Å². The maximum absolute atomic E-state index is 5.60. The quantitative estimate of drug-likeness (QED) is 0.763. The summed E-state index contributed by atoms with van der Waals surface area (Å²) in [6, 6.07) is 1.93. The summed E-state index contributed by atoms with van der Waals surface area (Å²) in [5.74, 6) is 0.771. The molecule has 0 amide bonds. The lowest BCUT2D eigenvalue weighted by Crippen LogP contribution is -2.26. The molecule has 5 nitrogen and oxygen atoms in total. The maximum Gasteiger partial charge on any atom is 0.211 e. The Labute approximate surface area is 103 Å². The largest absolute Gasteiger partial charge is 0.481 e. The van der Waals surface area contributed by atoms with E-state index in [0.717, 1.165) is 24.7 Å². The first-order valence-electron chi connectivity index (χ1n) is 5.84. The summed E-state index contributed by atoms with van der Waals surface area (Å²) >= 11 is 0. The number of rotatable bonds is 6. The van der Waals surface area contributed by atoms with Crippen molar-refractivity contribution in [2.45, 2.75) is 32.9 Å². The Balaban J connectivity index is 2.22. The van der Waals surface area contributed by atoms with Crippen LogP contribution >= 0.6 is 0 Å². The Morgan fingerprint density at radius 3 is 2.65 bits per heavy atom. The average molecular weight is 241 g/mol. The number of nitrogens with zero attached hydrogens (tertiary/aromatic N) is 2. The molecule has 0 saturated carbocycles. The van der Waals surface area contributed by atoms with Gasteiger partial charge in [-0.3, -0.25) is 0 Å². The Morgan fingerprint density at radius 2 is 2.12 bits per heavy atom. The summed E-state index contributed by atoms with van der Waals surface area (Å²) in [6.45, 7) is 8.40. The van der Waals surface area contributed by atoms with Gasteiger partial charge >= 0.3 is 0 Å². The van der Waals surface area contributed by atoms with Crippen LogP contribution in [0.3, 0.4) is 0 Å². The second-order valence-electron chi connectivity index (χ2n) is 4.94. The molecule has 1 rings (SSSR count). The minimum atomic E-state index is -0.0735. The zero-order valence-electron chi connectivity index (χ0n) is 11.4. The molecule has 1 aromatic rings. The number of methoxy groups -OCH3 is 1. The molecule has 0 saturated heterocycles. The molecule has 0 spiro atoms. The van der Waals surface area contributed by atoms with Gasteiger partial charge in [0.2, 0.25) is 5.88 Å². The van der Waals surface area contributed by atoms with E-state index in [-0.39, 0.29) is 5.60 Å². The van der Waals surface area contributed by atoms with Crippen molar-refractivity contribution >= 4 is 0 Å². The molecule has 0 unspecified atom stereocenters. The van der Waals surface area contributed by atoms with Crippen molar-refractivity contribution in [3.05, 3.63) is 11.8 Å². The van der Waals surface area contributed by atoms with E-state index in [0.29, 0.717) is 6.61 Å². The van der Waals surface area contributed by atoms with E-state index in [2.05, 4.69) is 31.2 Å². The Morgan fingerprint density at radius 1 is 1.41 bits per heavy atom. The fraction of sp³-hybridized carbons (Fsp3) is 0.750. The van der Waals surface area contributed by atoms with Crippen molar-refractivity contribution in [2.75, 3.05) is 20.3 Å². The second kappa shape index (κ2) is 6.02. The van der Waals surface area contributed by atoms with Crippen LogP contribution in [-0.4, -0.2) is 35.6 Å². The lowest BCUT2D eigenvalue weighted by Gasteiger charge is -2.19. The first-order chi connectivity index (χ1) is 7.92. The topological polar surface area (TPSA) is 48.3 Å². The molecule has 0 atom stereocenters. The van der Waals surface area contributed by atoms with E-state index in [1.54, 1.807) is 11.8 Å². The zero-order valence-corrected chi connectivity index (χ0v) is 11.4. The Hall–Kier alpha value is -1.07. The Kier molecular flexibility index (Phi) is 4.96. The predicted molar refractivity (Wildman–Crippen MR) is 67.2 cm³/mol. The summed E-state index contributed by atoms with van der Waals surface area (Å²) in [5, 5.41) is 7.60. The van der Waals surface area contributed by atoms with E-state index >= 15 is 0 Å². The van der Waals surface area contributed by atoms with E-state index in [1.165, 1.54) is 0 Å². The van der Waals surface area contributed by atoms with Crippen LogP contribution in [0.2, 0.25) is 0 Å². The van der Waals surface area contributed by atoms with Crippen molar-refractivity contribution in [1.82, 2.24) is 15.1 Å². The molecule has 1 N–H and O–H groups in total. The molecule has 0 radical (unpaired) electrons. The highest BCUT2D eigenvalue weighted by Crippen LogP contribution is 2.10. The van der Waals surface area contributed by atoms with Crippen LogP contribution in [0.25, 0.3) is 0 Å². The number of hydrogen-bond acceptors (Lipinski definition) is 4. The summed E-state index contributed by atoms with van der Waals surface area (Å²) in [5.41, 5.74) is 0.899. The molecule has 17 heavy (non-hydrogen) atoms. The summed E-state index contributed by atoms with van der Waals surface area (Å²) < 4.78 is 12.5. The molecule has 98 valence electrons. The van der Waals surface area contributed by atoms with Gasteiger partial charge in [-0.05, 0) is 20.8 Å². The van der Waals surface area contributed by atoms with Gasteiger partial charge in [-0.25, -0.2) is 4.68 Å². The molecule has 1 aromatic heterocycles. The van der Waals surface area contributed by atoms with Crippen LogP contribution in [0.15, 0.2) is 6.07 Å². The van der Waals surface area contributed by atoms with Crippen LogP contribution in [-0.2, 0) is 18.3 Å². The molecule has 1 heterocycles. The predicted octanol–water partition coefficient (Wildman–Crippen LogP) is 1.33.